The Morgan fingerprint density at radius 1 is 0.672 bits per heavy atom. The van der Waals surface area contributed by atoms with Crippen molar-refractivity contribution in [2.45, 2.75) is 54.1 Å². The lowest BCUT2D eigenvalue weighted by Gasteiger charge is -2.32. The fourth-order valence-corrected chi connectivity index (χ4v) is 7.37. The SMILES string of the molecule is CC.CCc1ccc2c(-c3ccc(F)cc3F)nc(N3CCO[C@@H](c4cnn(C)c4)C3)nc2n1.Cc1cc2c(-c3ccc(F)cc3F)nc(N3CCOCC3)nc2nc1C.Cc1ccccn1. The van der Waals surface area contributed by atoms with Crippen molar-refractivity contribution >= 4 is 34.0 Å². The van der Waals surface area contributed by atoms with Gasteiger partial charge in [0.25, 0.3) is 0 Å². The Kier molecular flexibility index (Phi) is 15.8. The van der Waals surface area contributed by atoms with Crippen molar-refractivity contribution in [3.63, 3.8) is 0 Å². The Labute approximate surface area is 386 Å². The van der Waals surface area contributed by atoms with Crippen LogP contribution < -0.4 is 9.80 Å². The fraction of sp³-hybridized carbons (Fsp3) is 0.320. The number of anilines is 2. The molecular weight excluding hydrogens is 863 g/mol. The first-order valence-corrected chi connectivity index (χ1v) is 22.2. The second-order valence-electron chi connectivity index (χ2n) is 15.6. The number of morpholine rings is 2. The maximum absolute atomic E-state index is 14.7. The zero-order valence-corrected chi connectivity index (χ0v) is 38.6. The standard InChI is InChI=1S/C23H22F2N6O.C19H18F2N4O.C6H7N.C2H6/c1-3-16-5-7-18-21(17-6-4-15(24)10-19(17)25)28-23(29-22(18)27-16)31-8-9-32-20(13-31)14-11-26-30(2)12-14;1-11-9-15-17(14-4-3-13(20)10-16(14)21)23-19(24-18(15)22-12(11)2)25-5-7-26-8-6-25;1-6-4-2-3-5-7-6;1-2/h4-7,10-12,20H,3,8-9,13H2,1-2H3;3-4,9-10H,5-8H2,1-2H3;2-5H,1H3;1-2H3/t20-;;;/m1.../s1. The van der Waals surface area contributed by atoms with Crippen molar-refractivity contribution in [2.75, 3.05) is 55.8 Å². The molecule has 2 saturated heterocycles. The van der Waals surface area contributed by atoms with Crippen LogP contribution in [0.25, 0.3) is 44.6 Å². The number of rotatable bonds is 6. The highest BCUT2D eigenvalue weighted by molar-refractivity contribution is 5.92. The van der Waals surface area contributed by atoms with Crippen LogP contribution in [-0.4, -0.2) is 90.7 Å². The van der Waals surface area contributed by atoms with Gasteiger partial charge in [-0.25, -0.2) is 37.5 Å². The molecule has 8 aromatic rings. The molecule has 2 aromatic carbocycles. The molecule has 0 bridgehead atoms. The van der Waals surface area contributed by atoms with Crippen molar-refractivity contribution in [1.82, 2.24) is 44.7 Å². The first kappa shape index (κ1) is 48.0. The highest BCUT2D eigenvalue weighted by atomic mass is 19.1. The maximum Gasteiger partial charge on any atom is 0.228 e. The van der Waals surface area contributed by atoms with E-state index in [9.17, 15) is 17.6 Å². The average molecular weight is 916 g/mol. The Morgan fingerprint density at radius 2 is 1.30 bits per heavy atom. The van der Waals surface area contributed by atoms with Gasteiger partial charge in [0.2, 0.25) is 11.9 Å². The van der Waals surface area contributed by atoms with Crippen LogP contribution in [0.4, 0.5) is 29.5 Å². The van der Waals surface area contributed by atoms with Gasteiger partial charge >= 0.3 is 0 Å². The minimum absolute atomic E-state index is 0.183. The number of fused-ring (bicyclic) bond motifs is 2. The molecule has 348 valence electrons. The van der Waals surface area contributed by atoms with E-state index in [0.29, 0.717) is 91.4 Å². The van der Waals surface area contributed by atoms with Gasteiger partial charge in [-0.1, -0.05) is 26.8 Å². The quantitative estimate of drug-likeness (QED) is 0.147. The Morgan fingerprint density at radius 3 is 1.87 bits per heavy atom. The lowest BCUT2D eigenvalue weighted by Crippen LogP contribution is -2.39. The van der Waals surface area contributed by atoms with E-state index in [-0.39, 0.29) is 17.2 Å². The zero-order valence-electron chi connectivity index (χ0n) is 38.6. The van der Waals surface area contributed by atoms with E-state index in [0.717, 1.165) is 46.8 Å². The second kappa shape index (κ2) is 22.0. The third kappa shape index (κ3) is 11.5. The largest absolute Gasteiger partial charge is 0.378 e. The summed E-state index contributed by atoms with van der Waals surface area (Å²) in [4.78, 5) is 35.8. The maximum atomic E-state index is 14.7. The van der Waals surface area contributed by atoms with Crippen molar-refractivity contribution in [3.8, 4) is 22.5 Å². The average Bonchev–Trinajstić information content (AvgIpc) is 3.79. The summed E-state index contributed by atoms with van der Waals surface area (Å²) in [7, 11) is 1.86. The van der Waals surface area contributed by atoms with Gasteiger partial charge in [-0.15, -0.1) is 0 Å². The van der Waals surface area contributed by atoms with Crippen LogP contribution in [0.1, 0.15) is 55.1 Å². The minimum atomic E-state index is -0.675. The Hall–Kier alpha value is -6.98. The van der Waals surface area contributed by atoms with Gasteiger partial charge in [-0.05, 0) is 87.4 Å². The van der Waals surface area contributed by atoms with Crippen molar-refractivity contribution in [3.05, 3.63) is 143 Å². The fourth-order valence-electron chi connectivity index (χ4n) is 7.37. The number of aryl methyl sites for hydroxylation is 5. The number of pyridine rings is 3. The molecule has 0 saturated carbocycles. The molecule has 2 aliphatic heterocycles. The van der Waals surface area contributed by atoms with Gasteiger partial charge in [-0.3, -0.25) is 9.67 Å². The van der Waals surface area contributed by atoms with Gasteiger partial charge in [0, 0.05) is 95.8 Å². The van der Waals surface area contributed by atoms with Crippen molar-refractivity contribution in [1.29, 1.82) is 0 Å². The molecule has 2 aliphatic rings. The number of benzene rings is 2. The molecule has 0 radical (unpaired) electrons. The number of hydrogen-bond acceptors (Lipinski definition) is 12. The molecule has 10 rings (SSSR count). The molecule has 0 spiro atoms. The van der Waals surface area contributed by atoms with E-state index in [4.69, 9.17) is 19.4 Å². The van der Waals surface area contributed by atoms with Crippen LogP contribution in [0.3, 0.4) is 0 Å². The molecule has 0 N–H and O–H groups in total. The van der Waals surface area contributed by atoms with E-state index in [2.05, 4.69) is 30.0 Å². The Balaban J connectivity index is 0.000000170. The predicted molar refractivity (Wildman–Crippen MR) is 252 cm³/mol. The monoisotopic (exact) mass is 915 g/mol. The molecule has 1 atom stereocenters. The van der Waals surface area contributed by atoms with Crippen LogP contribution in [-0.2, 0) is 22.9 Å². The highest BCUT2D eigenvalue weighted by Crippen LogP contribution is 2.33. The minimum Gasteiger partial charge on any atom is -0.378 e. The summed E-state index contributed by atoms with van der Waals surface area (Å²) in [5.74, 6) is -1.67. The van der Waals surface area contributed by atoms with Gasteiger partial charge < -0.3 is 19.3 Å². The van der Waals surface area contributed by atoms with Crippen LogP contribution >= 0.6 is 0 Å². The van der Waals surface area contributed by atoms with E-state index in [1.807, 2.05) is 101 Å². The van der Waals surface area contributed by atoms with Crippen molar-refractivity contribution < 1.29 is 27.0 Å². The van der Waals surface area contributed by atoms with E-state index < -0.39 is 23.3 Å². The molecule has 2 fully saturated rings. The van der Waals surface area contributed by atoms with Gasteiger partial charge in [0.15, 0.2) is 11.3 Å². The number of ether oxygens (including phenoxy) is 2. The number of aromatic nitrogens is 9. The van der Waals surface area contributed by atoms with Crippen LogP contribution in [0.5, 0.6) is 0 Å². The summed E-state index contributed by atoms with van der Waals surface area (Å²) in [5.41, 5.74) is 6.98. The number of halogens is 4. The molecule has 0 amide bonds. The van der Waals surface area contributed by atoms with E-state index in [1.165, 1.54) is 24.3 Å². The lowest BCUT2D eigenvalue weighted by atomic mass is 10.1. The second-order valence-corrected chi connectivity index (χ2v) is 15.6. The predicted octanol–water partition coefficient (Wildman–Crippen LogP) is 9.68. The van der Waals surface area contributed by atoms with Crippen LogP contribution in [0.2, 0.25) is 0 Å². The summed E-state index contributed by atoms with van der Waals surface area (Å²) in [6.45, 7) is 15.9. The molecule has 0 aliphatic carbocycles. The smallest absolute Gasteiger partial charge is 0.228 e. The molecule has 0 unspecified atom stereocenters. The van der Waals surface area contributed by atoms with Crippen molar-refractivity contribution in [2.24, 2.45) is 7.05 Å². The van der Waals surface area contributed by atoms with Gasteiger partial charge in [-0.2, -0.15) is 15.1 Å². The van der Waals surface area contributed by atoms with Gasteiger partial charge in [0.05, 0.1) is 44.0 Å². The molecule has 67 heavy (non-hydrogen) atoms. The first-order valence-electron chi connectivity index (χ1n) is 22.2. The third-order valence-electron chi connectivity index (χ3n) is 11.0. The summed E-state index contributed by atoms with van der Waals surface area (Å²) in [6.07, 6.45) is 6.05. The zero-order chi connectivity index (χ0) is 47.6. The molecular formula is C50H53F4N11O2. The third-order valence-corrected chi connectivity index (χ3v) is 11.0. The Bertz CT molecular complexity index is 2950. The topological polar surface area (TPSA) is 133 Å². The summed E-state index contributed by atoms with van der Waals surface area (Å²) >= 11 is 0. The molecule has 13 nitrogen and oxygen atoms in total. The molecule has 17 heteroatoms. The summed E-state index contributed by atoms with van der Waals surface area (Å²) in [5, 5.41) is 5.49. The normalized spacial score (nSPS) is 14.7. The van der Waals surface area contributed by atoms with Gasteiger partial charge in [0.1, 0.15) is 29.4 Å². The summed E-state index contributed by atoms with van der Waals surface area (Å²) < 4.78 is 69.1. The number of hydrogen-bond donors (Lipinski definition) is 0. The highest BCUT2D eigenvalue weighted by Gasteiger charge is 2.27. The van der Waals surface area contributed by atoms with Crippen LogP contribution in [0, 0.1) is 44.0 Å². The van der Waals surface area contributed by atoms with Crippen LogP contribution in [0.15, 0.2) is 91.4 Å². The van der Waals surface area contributed by atoms with E-state index in [1.54, 1.807) is 17.1 Å². The van der Waals surface area contributed by atoms with E-state index >= 15 is 0 Å². The molecule has 6 aromatic heterocycles. The lowest BCUT2D eigenvalue weighted by molar-refractivity contribution is 0.0392. The number of nitrogens with zero attached hydrogens (tertiary/aromatic N) is 11. The summed E-state index contributed by atoms with van der Waals surface area (Å²) in [6, 6.07) is 18.5. The first-order chi connectivity index (χ1) is 32.4. The molecule has 8 heterocycles.